The maximum absolute atomic E-state index is 12.2. The molecule has 1 atom stereocenters. The van der Waals surface area contributed by atoms with E-state index >= 15 is 0 Å². The molecule has 0 aromatic carbocycles. The predicted molar refractivity (Wildman–Crippen MR) is 65.8 cm³/mol. The van der Waals surface area contributed by atoms with Gasteiger partial charge in [0.2, 0.25) is 0 Å². The van der Waals surface area contributed by atoms with E-state index < -0.39 is 21.9 Å². The van der Waals surface area contributed by atoms with Gasteiger partial charge in [0.05, 0.1) is 4.34 Å². The Bertz CT molecular complexity index is 554. The summed E-state index contributed by atoms with van der Waals surface area (Å²) in [5.74, 6) is -1.93. The van der Waals surface area contributed by atoms with E-state index in [1.807, 2.05) is 0 Å². The number of hydrogen-bond donors (Lipinski definition) is 0. The third kappa shape index (κ3) is 2.69. The summed E-state index contributed by atoms with van der Waals surface area (Å²) in [7, 11) is -3.63. The quantitative estimate of drug-likeness (QED) is 0.817. The summed E-state index contributed by atoms with van der Waals surface area (Å²) in [6, 6.07) is 2.95. The SMILES string of the molecule is O=C([O-])[C@@H]1CCCN(S(=O)(=O)c2ccc(Cl)s2)C1. The molecule has 100 valence electrons. The van der Waals surface area contributed by atoms with Crippen LogP contribution in [0, 0.1) is 5.92 Å². The minimum Gasteiger partial charge on any atom is -0.550 e. The molecule has 2 rings (SSSR count). The molecule has 1 aliphatic rings. The van der Waals surface area contributed by atoms with Crippen molar-refractivity contribution in [2.45, 2.75) is 17.1 Å². The van der Waals surface area contributed by atoms with Crippen LogP contribution in [0.1, 0.15) is 12.8 Å². The first-order chi connectivity index (χ1) is 8.41. The zero-order chi connectivity index (χ0) is 13.3. The highest BCUT2D eigenvalue weighted by molar-refractivity contribution is 7.91. The van der Waals surface area contributed by atoms with Gasteiger partial charge in [0, 0.05) is 25.0 Å². The molecule has 18 heavy (non-hydrogen) atoms. The topological polar surface area (TPSA) is 77.5 Å². The van der Waals surface area contributed by atoms with E-state index in [1.165, 1.54) is 16.4 Å². The lowest BCUT2D eigenvalue weighted by molar-refractivity contribution is -0.312. The number of hydrogen-bond acceptors (Lipinski definition) is 5. The first-order valence-electron chi connectivity index (χ1n) is 5.37. The van der Waals surface area contributed by atoms with Crippen LogP contribution in [-0.4, -0.2) is 31.8 Å². The Balaban J connectivity index is 2.22. The summed E-state index contributed by atoms with van der Waals surface area (Å²) in [4.78, 5) is 10.8. The molecule has 0 aliphatic carbocycles. The highest BCUT2D eigenvalue weighted by atomic mass is 35.5. The number of carboxylic acids is 1. The minimum absolute atomic E-state index is 0.0276. The Morgan fingerprint density at radius 2 is 2.22 bits per heavy atom. The van der Waals surface area contributed by atoms with E-state index in [2.05, 4.69) is 0 Å². The Morgan fingerprint density at radius 1 is 1.50 bits per heavy atom. The first-order valence-corrected chi connectivity index (χ1v) is 8.01. The molecule has 1 saturated heterocycles. The van der Waals surface area contributed by atoms with Gasteiger partial charge in [-0.25, -0.2) is 8.42 Å². The van der Waals surface area contributed by atoms with Gasteiger partial charge in [-0.1, -0.05) is 11.6 Å². The predicted octanol–water partition coefficient (Wildman–Crippen LogP) is 0.552. The fraction of sp³-hybridized carbons (Fsp3) is 0.500. The lowest BCUT2D eigenvalue weighted by Gasteiger charge is -2.31. The molecule has 1 aromatic heterocycles. The Labute approximate surface area is 114 Å². The maximum Gasteiger partial charge on any atom is 0.252 e. The summed E-state index contributed by atoms with van der Waals surface area (Å²) in [5.41, 5.74) is 0. The Kier molecular flexibility index (Phi) is 3.96. The summed E-state index contributed by atoms with van der Waals surface area (Å²) in [6.07, 6.45) is 0.983. The van der Waals surface area contributed by atoms with Crippen molar-refractivity contribution in [3.05, 3.63) is 16.5 Å². The van der Waals surface area contributed by atoms with E-state index in [9.17, 15) is 18.3 Å². The van der Waals surface area contributed by atoms with Crippen molar-refractivity contribution in [1.29, 1.82) is 0 Å². The van der Waals surface area contributed by atoms with Gasteiger partial charge in [0.15, 0.2) is 0 Å². The highest BCUT2D eigenvalue weighted by Crippen LogP contribution is 2.30. The highest BCUT2D eigenvalue weighted by Gasteiger charge is 2.31. The standard InChI is InChI=1S/C10H12ClNO4S2/c11-8-3-4-9(17-8)18(15,16)12-5-1-2-7(6-12)10(13)14/h3-4,7H,1-2,5-6H2,(H,13,14)/p-1/t7-/m1/s1. The zero-order valence-corrected chi connectivity index (χ0v) is 11.7. The number of halogens is 1. The summed E-state index contributed by atoms with van der Waals surface area (Å²) < 4.78 is 26.2. The van der Waals surface area contributed by atoms with Crippen LogP contribution in [0.4, 0.5) is 0 Å². The number of sulfonamides is 1. The van der Waals surface area contributed by atoms with Crippen molar-refractivity contribution in [3.8, 4) is 0 Å². The third-order valence-electron chi connectivity index (χ3n) is 2.86. The molecule has 0 spiro atoms. The average Bonchev–Trinajstić information content (AvgIpc) is 2.77. The van der Waals surface area contributed by atoms with E-state index in [4.69, 9.17) is 11.6 Å². The van der Waals surface area contributed by atoms with E-state index in [0.29, 0.717) is 23.7 Å². The van der Waals surface area contributed by atoms with Gasteiger partial charge in [-0.05, 0) is 25.0 Å². The normalized spacial score (nSPS) is 21.9. The number of piperidine rings is 1. The lowest BCUT2D eigenvalue weighted by Crippen LogP contribution is -2.45. The van der Waals surface area contributed by atoms with Gasteiger partial charge < -0.3 is 9.90 Å². The number of aliphatic carboxylic acids is 1. The van der Waals surface area contributed by atoms with Crippen LogP contribution in [0.25, 0.3) is 0 Å². The number of carboxylic acid groups (broad SMARTS) is 1. The van der Waals surface area contributed by atoms with Crippen LogP contribution in [0.5, 0.6) is 0 Å². The number of carbonyl (C=O) groups is 1. The van der Waals surface area contributed by atoms with Crippen molar-refractivity contribution < 1.29 is 18.3 Å². The first kappa shape index (κ1) is 13.8. The second kappa shape index (κ2) is 5.16. The van der Waals surface area contributed by atoms with Crippen molar-refractivity contribution >= 4 is 38.9 Å². The molecule has 0 N–H and O–H groups in total. The summed E-state index contributed by atoms with van der Waals surface area (Å²) >= 11 is 6.69. The minimum atomic E-state index is -3.63. The average molecular weight is 309 g/mol. The summed E-state index contributed by atoms with van der Waals surface area (Å²) in [5, 5.41) is 10.8. The largest absolute Gasteiger partial charge is 0.550 e. The van der Waals surface area contributed by atoms with Gasteiger partial charge in [0.1, 0.15) is 4.21 Å². The number of rotatable bonds is 3. The Hall–Kier alpha value is -0.630. The van der Waals surface area contributed by atoms with E-state index in [1.54, 1.807) is 0 Å². The molecule has 5 nitrogen and oxygen atoms in total. The lowest BCUT2D eigenvalue weighted by atomic mass is 10.0. The van der Waals surface area contributed by atoms with Crippen LogP contribution in [0.3, 0.4) is 0 Å². The molecule has 0 saturated carbocycles. The molecular weight excluding hydrogens is 298 g/mol. The smallest absolute Gasteiger partial charge is 0.252 e. The van der Waals surface area contributed by atoms with Gasteiger partial charge in [-0.3, -0.25) is 0 Å². The van der Waals surface area contributed by atoms with Gasteiger partial charge in [-0.2, -0.15) is 4.31 Å². The molecule has 1 aliphatic heterocycles. The molecule has 2 heterocycles. The van der Waals surface area contributed by atoms with Crippen LogP contribution in [0.2, 0.25) is 4.34 Å². The zero-order valence-electron chi connectivity index (χ0n) is 9.34. The monoisotopic (exact) mass is 308 g/mol. The molecule has 1 fully saturated rings. The van der Waals surface area contributed by atoms with E-state index in [-0.39, 0.29) is 10.8 Å². The summed E-state index contributed by atoms with van der Waals surface area (Å²) in [6.45, 7) is 0.307. The second-order valence-electron chi connectivity index (χ2n) is 4.08. The number of thiophene rings is 1. The van der Waals surface area contributed by atoms with Crippen molar-refractivity contribution in [2.24, 2.45) is 5.92 Å². The van der Waals surface area contributed by atoms with Crippen LogP contribution in [0.15, 0.2) is 16.3 Å². The Morgan fingerprint density at radius 3 is 2.78 bits per heavy atom. The van der Waals surface area contributed by atoms with E-state index in [0.717, 1.165) is 11.3 Å². The van der Waals surface area contributed by atoms with Crippen LogP contribution < -0.4 is 5.11 Å². The molecule has 0 unspecified atom stereocenters. The number of carbonyl (C=O) groups excluding carboxylic acids is 1. The molecule has 0 amide bonds. The van der Waals surface area contributed by atoms with Gasteiger partial charge >= 0.3 is 0 Å². The van der Waals surface area contributed by atoms with Crippen LogP contribution >= 0.6 is 22.9 Å². The molecule has 8 heteroatoms. The third-order valence-corrected chi connectivity index (χ3v) is 6.42. The fourth-order valence-electron chi connectivity index (χ4n) is 1.92. The molecule has 0 bridgehead atoms. The molecule has 1 aromatic rings. The second-order valence-corrected chi connectivity index (χ2v) is 7.96. The molecule has 0 radical (unpaired) electrons. The number of nitrogens with zero attached hydrogens (tertiary/aromatic N) is 1. The van der Waals surface area contributed by atoms with Crippen molar-refractivity contribution in [1.82, 2.24) is 4.31 Å². The molecular formula is C10H11ClNO4S2-. The fourth-order valence-corrected chi connectivity index (χ4v) is 5.08. The van der Waals surface area contributed by atoms with Gasteiger partial charge in [0.25, 0.3) is 10.0 Å². The van der Waals surface area contributed by atoms with Gasteiger partial charge in [-0.15, -0.1) is 11.3 Å². The maximum atomic E-state index is 12.2. The van der Waals surface area contributed by atoms with Crippen molar-refractivity contribution in [2.75, 3.05) is 13.1 Å². The van der Waals surface area contributed by atoms with Crippen LogP contribution in [-0.2, 0) is 14.8 Å². The van der Waals surface area contributed by atoms with Crippen molar-refractivity contribution in [3.63, 3.8) is 0 Å².